The zero-order valence-electron chi connectivity index (χ0n) is 33.9. The lowest BCUT2D eigenvalue weighted by molar-refractivity contribution is -0.136. The molecule has 3 aliphatic heterocycles. The van der Waals surface area contributed by atoms with Crippen LogP contribution in [0.25, 0.3) is 21.9 Å². The number of anilines is 5. The molecule has 0 bridgehead atoms. The Morgan fingerprint density at radius 1 is 0.883 bits per heavy atom. The van der Waals surface area contributed by atoms with Gasteiger partial charge in [-0.15, -0.1) is 5.10 Å². The first-order valence-electron chi connectivity index (χ1n) is 20.4. The van der Waals surface area contributed by atoms with Crippen molar-refractivity contribution in [2.75, 3.05) is 48.7 Å². The maximum Gasteiger partial charge on any atom is 0.278 e. The van der Waals surface area contributed by atoms with Crippen molar-refractivity contribution in [2.24, 2.45) is 13.0 Å². The van der Waals surface area contributed by atoms with Gasteiger partial charge in [0.25, 0.3) is 11.5 Å². The lowest BCUT2D eigenvalue weighted by Crippen LogP contribution is -2.45. The Balaban J connectivity index is 0.771. The van der Waals surface area contributed by atoms with E-state index in [4.69, 9.17) is 10.1 Å². The monoisotopic (exact) mass is 809 g/mol. The number of piperidine rings is 2. The summed E-state index contributed by atoms with van der Waals surface area (Å²) in [6.07, 6.45) is 4.96. The molecule has 3 amide bonds. The molecule has 2 fully saturated rings. The first-order valence-corrected chi connectivity index (χ1v) is 20.4. The highest BCUT2D eigenvalue weighted by Gasteiger charge is 2.31. The first-order chi connectivity index (χ1) is 29.1. The fraction of sp³-hybridized carbons (Fsp3) is 0.372. The van der Waals surface area contributed by atoms with E-state index in [-0.39, 0.29) is 36.6 Å². The topological polar surface area (TPSA) is 197 Å². The highest BCUT2D eigenvalue weighted by molar-refractivity contribution is 5.99. The highest BCUT2D eigenvalue weighted by Crippen LogP contribution is 2.30. The van der Waals surface area contributed by atoms with Crippen LogP contribution in [0.4, 0.5) is 28.8 Å². The quantitative estimate of drug-likeness (QED) is 0.144. The largest absolute Gasteiger partial charge is 0.376 e. The highest BCUT2D eigenvalue weighted by atomic mass is 16.2. The third kappa shape index (κ3) is 7.87. The van der Waals surface area contributed by atoms with Crippen molar-refractivity contribution in [3.63, 3.8) is 0 Å². The van der Waals surface area contributed by atoms with E-state index in [1.807, 2.05) is 24.2 Å². The van der Waals surface area contributed by atoms with Crippen LogP contribution in [0.5, 0.6) is 0 Å². The number of hydrogen-bond acceptors (Lipinski definition) is 13. The normalized spacial score (nSPS) is 17.4. The third-order valence-corrected chi connectivity index (χ3v) is 12.0. The average Bonchev–Trinajstić information content (AvgIpc) is 3.55. The van der Waals surface area contributed by atoms with Crippen LogP contribution in [0.15, 0.2) is 65.6 Å². The number of nitrogens with zero attached hydrogens (tertiary/aromatic N) is 9. The van der Waals surface area contributed by atoms with Crippen LogP contribution in [0.2, 0.25) is 0 Å². The smallest absolute Gasteiger partial charge is 0.278 e. The number of hydrogen-bond donors (Lipinski definition) is 4. The molecule has 3 aromatic heterocycles. The molecule has 60 heavy (non-hydrogen) atoms. The van der Waals surface area contributed by atoms with Gasteiger partial charge in [-0.25, -0.2) is 9.67 Å². The van der Waals surface area contributed by atoms with Gasteiger partial charge in [-0.2, -0.15) is 14.8 Å². The van der Waals surface area contributed by atoms with Gasteiger partial charge in [-0.1, -0.05) is 29.5 Å². The minimum Gasteiger partial charge on any atom is -0.376 e. The zero-order chi connectivity index (χ0) is 41.5. The molecule has 4 N–H and O–H groups in total. The fourth-order valence-electron chi connectivity index (χ4n) is 8.60. The number of aromatic nitrogens is 7. The molecule has 1 atom stereocenters. The van der Waals surface area contributed by atoms with Crippen LogP contribution in [-0.2, 0) is 34.4 Å². The molecule has 17 nitrogen and oxygen atoms in total. The molecule has 0 saturated carbocycles. The molecule has 6 aromatic rings. The second-order valence-corrected chi connectivity index (χ2v) is 16.1. The number of benzene rings is 3. The number of fused-ring (bicyclic) bond motifs is 3. The predicted molar refractivity (Wildman–Crippen MR) is 227 cm³/mol. The second kappa shape index (κ2) is 16.1. The zero-order valence-corrected chi connectivity index (χ0v) is 33.9. The van der Waals surface area contributed by atoms with Crippen LogP contribution >= 0.6 is 0 Å². The molecule has 308 valence electrons. The minimum absolute atomic E-state index is 0.00438. The summed E-state index contributed by atoms with van der Waals surface area (Å²) in [5.74, 6) is 0.773. The van der Waals surface area contributed by atoms with Crippen molar-refractivity contribution in [1.29, 1.82) is 0 Å². The van der Waals surface area contributed by atoms with Crippen molar-refractivity contribution >= 4 is 68.5 Å². The maximum atomic E-state index is 13.3. The number of carbonyl (C=O) groups excluding carboxylic acids is 3. The van der Waals surface area contributed by atoms with E-state index in [0.717, 1.165) is 82.9 Å². The van der Waals surface area contributed by atoms with E-state index >= 15 is 0 Å². The van der Waals surface area contributed by atoms with Gasteiger partial charge in [0.05, 0.1) is 17.3 Å². The van der Waals surface area contributed by atoms with Crippen molar-refractivity contribution in [2.45, 2.75) is 58.5 Å². The van der Waals surface area contributed by atoms with Crippen LogP contribution < -0.4 is 26.8 Å². The van der Waals surface area contributed by atoms with Gasteiger partial charge in [-0.3, -0.25) is 29.4 Å². The summed E-state index contributed by atoms with van der Waals surface area (Å²) in [6.45, 7) is 8.46. The molecule has 1 unspecified atom stereocenters. The Morgan fingerprint density at radius 2 is 1.68 bits per heavy atom. The molecule has 0 spiro atoms. The Labute approximate surface area is 345 Å². The van der Waals surface area contributed by atoms with Crippen LogP contribution in [-0.4, -0.2) is 95.0 Å². The van der Waals surface area contributed by atoms with Crippen LogP contribution in [0.3, 0.4) is 0 Å². The third-order valence-electron chi connectivity index (χ3n) is 12.0. The van der Waals surface area contributed by atoms with E-state index in [1.165, 1.54) is 11.1 Å². The molecule has 9 rings (SSSR count). The first kappa shape index (κ1) is 38.8. The SMILES string of the molecule is Cc1cccc(C)c1Nc1nn(C)c2nc(Nc3ccc4c(c3)CN(CC3CCN(C(=O)CNc5ccc6nnn(C7CCC(=O)NC7=O)c(=O)c6c5)CC3)CC4)ncc12. The Kier molecular flexibility index (Phi) is 10.4. The number of imide groups is 1. The Hall–Kier alpha value is -6.75. The maximum absolute atomic E-state index is 13.3. The van der Waals surface area contributed by atoms with E-state index < -0.39 is 17.5 Å². The minimum atomic E-state index is -0.905. The number of amides is 3. The summed E-state index contributed by atoms with van der Waals surface area (Å²) in [6, 6.07) is 16.8. The molecule has 2 saturated heterocycles. The lowest BCUT2D eigenvalue weighted by Gasteiger charge is -2.36. The molecule has 3 aliphatic rings. The summed E-state index contributed by atoms with van der Waals surface area (Å²) in [7, 11) is 1.89. The lowest BCUT2D eigenvalue weighted by atomic mass is 9.93. The number of nitrogens with one attached hydrogen (secondary N) is 4. The van der Waals surface area contributed by atoms with Gasteiger partial charge >= 0.3 is 0 Å². The van der Waals surface area contributed by atoms with Crippen LogP contribution in [0, 0.1) is 19.8 Å². The summed E-state index contributed by atoms with van der Waals surface area (Å²) in [4.78, 5) is 64.4. The van der Waals surface area contributed by atoms with Gasteiger partial charge in [0.15, 0.2) is 11.5 Å². The number of carbonyl (C=O) groups is 3. The molecule has 6 heterocycles. The average molecular weight is 810 g/mol. The van der Waals surface area contributed by atoms with Crippen molar-refractivity contribution in [1.82, 2.24) is 49.9 Å². The van der Waals surface area contributed by atoms with Crippen molar-refractivity contribution in [3.05, 3.63) is 93.4 Å². The van der Waals surface area contributed by atoms with E-state index in [1.54, 1.807) is 22.9 Å². The van der Waals surface area contributed by atoms with Gasteiger partial charge in [0.1, 0.15) is 11.6 Å². The van der Waals surface area contributed by atoms with E-state index in [0.29, 0.717) is 36.2 Å². The summed E-state index contributed by atoms with van der Waals surface area (Å²) in [5, 5.41) is 26.2. The van der Waals surface area contributed by atoms with E-state index in [9.17, 15) is 19.2 Å². The van der Waals surface area contributed by atoms with Gasteiger partial charge in [0, 0.05) is 69.5 Å². The number of rotatable bonds is 10. The molecular formula is C43H47N13O4. The summed E-state index contributed by atoms with van der Waals surface area (Å²) < 4.78 is 2.81. The molecule has 0 radical (unpaired) electrons. The van der Waals surface area contributed by atoms with Crippen molar-refractivity contribution in [3.8, 4) is 0 Å². The Bertz CT molecular complexity index is 2700. The second-order valence-electron chi connectivity index (χ2n) is 16.1. The molecule has 17 heteroatoms. The molecule has 0 aliphatic carbocycles. The summed E-state index contributed by atoms with van der Waals surface area (Å²) in [5.41, 5.74) is 8.13. The standard InChI is InChI=1S/C43H47N13O4/c1-25-5-4-6-26(2)38(25)48-39-33-21-45-43(49-40(33)53(3)51-39)46-31-8-7-28-15-16-54(24-29(28)19-31)23-27-13-17-55(18-14-27)37(58)22-44-30-9-10-34-32(20-30)42(60)56(52-50-34)35-11-12-36(57)47-41(35)59/h4-10,19-21,27,35,44H,11-18,22-24H2,1-3H3,(H,48,51)(H,45,46,49)(H,47,57,59). The number of para-hydroxylation sites is 1. The van der Waals surface area contributed by atoms with E-state index in [2.05, 4.69) is 85.6 Å². The van der Waals surface area contributed by atoms with Gasteiger partial charge in [-0.05, 0) is 98.0 Å². The molecular weight excluding hydrogens is 763 g/mol. The van der Waals surface area contributed by atoms with Gasteiger partial charge in [0.2, 0.25) is 17.8 Å². The van der Waals surface area contributed by atoms with Gasteiger partial charge < -0.3 is 20.9 Å². The summed E-state index contributed by atoms with van der Waals surface area (Å²) >= 11 is 0. The number of aryl methyl sites for hydroxylation is 3. The fourth-order valence-corrected chi connectivity index (χ4v) is 8.60. The van der Waals surface area contributed by atoms with Crippen LogP contribution in [0.1, 0.15) is 54.0 Å². The number of likely N-dealkylation sites (tertiary alicyclic amines) is 1. The molecule has 3 aromatic carbocycles. The van der Waals surface area contributed by atoms with Crippen molar-refractivity contribution < 1.29 is 14.4 Å². The predicted octanol–water partition coefficient (Wildman–Crippen LogP) is 4.26. The Morgan fingerprint density at radius 3 is 2.48 bits per heavy atom.